The lowest BCUT2D eigenvalue weighted by Gasteiger charge is -2.11. The van der Waals surface area contributed by atoms with Crippen LogP contribution < -0.4 is 0 Å². The largest absolute Gasteiger partial charge is 0.391 e. The zero-order valence-corrected chi connectivity index (χ0v) is 9.21. The number of hydrogen-bond acceptors (Lipinski definition) is 3. The van der Waals surface area contributed by atoms with Gasteiger partial charge in [0, 0.05) is 38.0 Å². The van der Waals surface area contributed by atoms with E-state index < -0.39 is 0 Å². The third kappa shape index (κ3) is 2.49. The monoisotopic (exact) mass is 221 g/mol. The number of nitrogens with zero attached hydrogens (tertiary/aromatic N) is 3. The lowest BCUT2D eigenvalue weighted by atomic mass is 10.3. The molecule has 16 heavy (non-hydrogen) atoms. The first-order chi connectivity index (χ1) is 7.65. The van der Waals surface area contributed by atoms with Crippen LogP contribution in [0.1, 0.15) is 12.0 Å². The number of aromatic nitrogens is 2. The smallest absolute Gasteiger partial charge is 0.246 e. The summed E-state index contributed by atoms with van der Waals surface area (Å²) in [5, 5.41) is 13.3. The molecule has 1 saturated heterocycles. The normalized spacial score (nSPS) is 20.9. The maximum atomic E-state index is 11.7. The van der Waals surface area contributed by atoms with E-state index in [9.17, 15) is 9.90 Å². The Hall–Kier alpha value is -1.62. The van der Waals surface area contributed by atoms with Gasteiger partial charge in [-0.25, -0.2) is 0 Å². The van der Waals surface area contributed by atoms with Gasteiger partial charge in [0.1, 0.15) is 0 Å². The fraction of sp³-hybridized carbons (Fsp3) is 0.455. The summed E-state index contributed by atoms with van der Waals surface area (Å²) in [4.78, 5) is 13.3. The summed E-state index contributed by atoms with van der Waals surface area (Å²) in [6, 6.07) is 0. The van der Waals surface area contributed by atoms with E-state index in [1.807, 2.05) is 13.2 Å². The highest BCUT2D eigenvalue weighted by Gasteiger charge is 2.22. The van der Waals surface area contributed by atoms with Gasteiger partial charge in [-0.1, -0.05) is 0 Å². The van der Waals surface area contributed by atoms with Crippen LogP contribution in [-0.4, -0.2) is 44.9 Å². The SMILES string of the molecule is Cn1cc(C=CC(=O)N2CCC(O)C2)cn1. The third-order valence-electron chi connectivity index (χ3n) is 2.62. The highest BCUT2D eigenvalue weighted by Crippen LogP contribution is 2.09. The molecule has 5 nitrogen and oxygen atoms in total. The van der Waals surface area contributed by atoms with E-state index in [0.717, 1.165) is 5.56 Å². The molecule has 1 aromatic heterocycles. The first-order valence-corrected chi connectivity index (χ1v) is 5.29. The summed E-state index contributed by atoms with van der Waals surface area (Å²) in [5.41, 5.74) is 0.899. The van der Waals surface area contributed by atoms with Crippen molar-refractivity contribution in [2.75, 3.05) is 13.1 Å². The first-order valence-electron chi connectivity index (χ1n) is 5.29. The van der Waals surface area contributed by atoms with Crippen molar-refractivity contribution >= 4 is 12.0 Å². The fourth-order valence-electron chi connectivity index (χ4n) is 1.74. The van der Waals surface area contributed by atoms with Gasteiger partial charge in [-0.15, -0.1) is 0 Å². The van der Waals surface area contributed by atoms with Crippen LogP contribution in [0.15, 0.2) is 18.5 Å². The van der Waals surface area contributed by atoms with E-state index in [1.54, 1.807) is 21.9 Å². The summed E-state index contributed by atoms with van der Waals surface area (Å²) in [6.45, 7) is 1.08. The van der Waals surface area contributed by atoms with Crippen LogP contribution in [0.25, 0.3) is 6.08 Å². The van der Waals surface area contributed by atoms with Crippen LogP contribution in [-0.2, 0) is 11.8 Å². The molecule has 86 valence electrons. The summed E-state index contributed by atoms with van der Waals surface area (Å²) >= 11 is 0. The molecule has 1 aliphatic rings. The maximum absolute atomic E-state index is 11.7. The Bertz CT molecular complexity index is 411. The molecule has 5 heteroatoms. The Kier molecular flexibility index (Phi) is 3.05. The molecule has 0 aliphatic carbocycles. The van der Waals surface area contributed by atoms with Crippen LogP contribution >= 0.6 is 0 Å². The number of likely N-dealkylation sites (tertiary alicyclic amines) is 1. The molecule has 1 unspecified atom stereocenters. The van der Waals surface area contributed by atoms with Crippen LogP contribution in [0.2, 0.25) is 0 Å². The van der Waals surface area contributed by atoms with Crippen LogP contribution in [0.3, 0.4) is 0 Å². The first kappa shape index (κ1) is 10.9. The van der Waals surface area contributed by atoms with Crippen molar-refractivity contribution in [2.24, 2.45) is 7.05 Å². The molecule has 1 aromatic rings. The molecule has 0 aromatic carbocycles. The molecule has 1 fully saturated rings. The van der Waals surface area contributed by atoms with Crippen molar-refractivity contribution in [1.29, 1.82) is 0 Å². The molecule has 0 spiro atoms. The molecule has 0 radical (unpaired) electrons. The standard InChI is InChI=1S/C11H15N3O2/c1-13-7-9(6-12-13)2-3-11(16)14-5-4-10(15)8-14/h2-3,6-7,10,15H,4-5,8H2,1H3. The predicted octanol–water partition coefficient (Wildman–Crippen LogP) is 0.0265. The zero-order valence-electron chi connectivity index (χ0n) is 9.21. The number of amides is 1. The Morgan fingerprint density at radius 3 is 3.06 bits per heavy atom. The lowest BCUT2D eigenvalue weighted by Crippen LogP contribution is -2.27. The second-order valence-electron chi connectivity index (χ2n) is 4.01. The second kappa shape index (κ2) is 4.49. The van der Waals surface area contributed by atoms with Crippen molar-refractivity contribution in [3.05, 3.63) is 24.0 Å². The van der Waals surface area contributed by atoms with Crippen molar-refractivity contribution in [2.45, 2.75) is 12.5 Å². The van der Waals surface area contributed by atoms with Gasteiger partial charge >= 0.3 is 0 Å². The van der Waals surface area contributed by atoms with Crippen molar-refractivity contribution in [3.63, 3.8) is 0 Å². The molecule has 0 saturated carbocycles. The van der Waals surface area contributed by atoms with Crippen molar-refractivity contribution in [1.82, 2.24) is 14.7 Å². The van der Waals surface area contributed by atoms with Crippen LogP contribution in [0.5, 0.6) is 0 Å². The topological polar surface area (TPSA) is 58.4 Å². The van der Waals surface area contributed by atoms with E-state index in [1.165, 1.54) is 6.08 Å². The number of aliphatic hydroxyl groups excluding tert-OH is 1. The van der Waals surface area contributed by atoms with Gasteiger partial charge in [0.25, 0.3) is 0 Å². The average molecular weight is 221 g/mol. The van der Waals surface area contributed by atoms with E-state index >= 15 is 0 Å². The molecular weight excluding hydrogens is 206 g/mol. The third-order valence-corrected chi connectivity index (χ3v) is 2.62. The highest BCUT2D eigenvalue weighted by atomic mass is 16.3. The molecular formula is C11H15N3O2. The Morgan fingerprint density at radius 2 is 2.50 bits per heavy atom. The van der Waals surface area contributed by atoms with Gasteiger partial charge in [-0.3, -0.25) is 9.48 Å². The number of rotatable bonds is 2. The number of aliphatic hydroxyl groups is 1. The molecule has 0 bridgehead atoms. The van der Waals surface area contributed by atoms with Gasteiger partial charge in [-0.05, 0) is 12.5 Å². The molecule has 1 amide bonds. The number of carbonyl (C=O) groups excluding carboxylic acids is 1. The molecule has 1 atom stereocenters. The Balaban J connectivity index is 1.94. The van der Waals surface area contributed by atoms with Gasteiger partial charge in [-0.2, -0.15) is 5.10 Å². The second-order valence-corrected chi connectivity index (χ2v) is 4.01. The van der Waals surface area contributed by atoms with E-state index in [-0.39, 0.29) is 12.0 Å². The molecule has 2 heterocycles. The minimum absolute atomic E-state index is 0.0552. The number of aryl methyl sites for hydroxylation is 1. The highest BCUT2D eigenvalue weighted by molar-refractivity contribution is 5.91. The number of hydrogen-bond donors (Lipinski definition) is 1. The van der Waals surface area contributed by atoms with Gasteiger partial charge in [0.05, 0.1) is 12.3 Å². The number of β-amino-alcohol motifs (C(OH)–C–C–N with tert-alkyl or cyclic N) is 1. The quantitative estimate of drug-likeness (QED) is 0.717. The summed E-state index contributed by atoms with van der Waals surface area (Å²) in [6.07, 6.45) is 7.10. The van der Waals surface area contributed by atoms with Gasteiger partial charge < -0.3 is 10.0 Å². The zero-order chi connectivity index (χ0) is 11.5. The molecule has 2 rings (SSSR count). The van der Waals surface area contributed by atoms with Gasteiger partial charge in [0.2, 0.25) is 5.91 Å². The lowest BCUT2D eigenvalue weighted by molar-refractivity contribution is -0.125. The molecule has 1 N–H and O–H groups in total. The Morgan fingerprint density at radius 1 is 1.69 bits per heavy atom. The summed E-state index contributed by atoms with van der Waals surface area (Å²) < 4.78 is 1.68. The van der Waals surface area contributed by atoms with E-state index in [4.69, 9.17) is 0 Å². The van der Waals surface area contributed by atoms with Crippen LogP contribution in [0, 0.1) is 0 Å². The molecule has 1 aliphatic heterocycles. The van der Waals surface area contributed by atoms with E-state index in [2.05, 4.69) is 5.10 Å². The minimum Gasteiger partial charge on any atom is -0.391 e. The summed E-state index contributed by atoms with van der Waals surface area (Å²) in [5.74, 6) is -0.0552. The Labute approximate surface area is 94.0 Å². The maximum Gasteiger partial charge on any atom is 0.246 e. The predicted molar refractivity (Wildman–Crippen MR) is 59.4 cm³/mol. The summed E-state index contributed by atoms with van der Waals surface area (Å²) in [7, 11) is 1.83. The van der Waals surface area contributed by atoms with Gasteiger partial charge in [0.15, 0.2) is 0 Å². The number of carbonyl (C=O) groups is 1. The average Bonchev–Trinajstić information content (AvgIpc) is 2.84. The minimum atomic E-state index is -0.365. The van der Waals surface area contributed by atoms with Crippen molar-refractivity contribution in [3.8, 4) is 0 Å². The van der Waals surface area contributed by atoms with Crippen molar-refractivity contribution < 1.29 is 9.90 Å². The fourth-order valence-corrected chi connectivity index (χ4v) is 1.74. The van der Waals surface area contributed by atoms with Crippen LogP contribution in [0.4, 0.5) is 0 Å². The van der Waals surface area contributed by atoms with E-state index in [0.29, 0.717) is 19.5 Å².